The van der Waals surface area contributed by atoms with E-state index < -0.39 is 0 Å². The summed E-state index contributed by atoms with van der Waals surface area (Å²) >= 11 is 0. The van der Waals surface area contributed by atoms with Gasteiger partial charge in [-0.3, -0.25) is 4.79 Å². The van der Waals surface area contributed by atoms with Gasteiger partial charge >= 0.3 is 0 Å². The molecule has 114 valence electrons. The van der Waals surface area contributed by atoms with Crippen molar-refractivity contribution >= 4 is 5.91 Å². The van der Waals surface area contributed by atoms with Crippen molar-refractivity contribution in [1.82, 2.24) is 5.32 Å². The number of nitrogens with one attached hydrogen (secondary N) is 1. The second kappa shape index (κ2) is 11.5. The Hall–Kier alpha value is -1.30. The van der Waals surface area contributed by atoms with Crippen LogP contribution >= 0.6 is 0 Å². The summed E-state index contributed by atoms with van der Waals surface area (Å²) in [6.45, 7) is 10.3. The van der Waals surface area contributed by atoms with Crippen molar-refractivity contribution in [1.29, 1.82) is 5.26 Å². The average Bonchev–Trinajstić information content (AvgIpc) is 2.40. The van der Waals surface area contributed by atoms with E-state index in [1.54, 1.807) is 0 Å². The lowest BCUT2D eigenvalue weighted by molar-refractivity contribution is -0.125. The molecule has 1 aliphatic carbocycles. The Labute approximate surface area is 124 Å². The summed E-state index contributed by atoms with van der Waals surface area (Å²) in [6, 6.07) is 2.09. The van der Waals surface area contributed by atoms with Gasteiger partial charge in [-0.1, -0.05) is 46.6 Å². The normalized spacial score (nSPS) is 21.1. The number of hydrogen-bond donors (Lipinski definition) is 1. The van der Waals surface area contributed by atoms with Crippen LogP contribution in [0.1, 0.15) is 72.1 Å². The van der Waals surface area contributed by atoms with Crippen LogP contribution in [-0.2, 0) is 4.79 Å². The molecule has 0 aromatic rings. The smallest absolute Gasteiger partial charge is 0.227 e. The molecule has 1 rings (SSSR count). The van der Waals surface area contributed by atoms with Gasteiger partial charge in [0.25, 0.3) is 0 Å². The van der Waals surface area contributed by atoms with Crippen molar-refractivity contribution < 1.29 is 4.79 Å². The Bertz CT molecular complexity index is 330. The number of unbranched alkanes of at least 4 members (excludes halogenated alkanes) is 1. The molecule has 0 bridgehead atoms. The first-order valence-electron chi connectivity index (χ1n) is 7.90. The van der Waals surface area contributed by atoms with Crippen LogP contribution in [0.3, 0.4) is 0 Å². The maximum absolute atomic E-state index is 11.9. The topological polar surface area (TPSA) is 52.9 Å². The zero-order valence-corrected chi connectivity index (χ0v) is 13.4. The number of carbonyl (C=O) groups excluding carboxylic acids is 1. The van der Waals surface area contributed by atoms with Gasteiger partial charge in [-0.25, -0.2) is 0 Å². The minimum absolute atomic E-state index is 0.124. The number of nitrogens with zero attached hydrogens (tertiary/aromatic N) is 1. The lowest BCUT2D eigenvalue weighted by Gasteiger charge is -2.26. The van der Waals surface area contributed by atoms with Crippen LogP contribution in [0.2, 0.25) is 0 Å². The molecule has 0 radical (unpaired) electrons. The van der Waals surface area contributed by atoms with Gasteiger partial charge in [0.05, 0.1) is 6.07 Å². The predicted octanol–water partition coefficient (Wildman–Crippen LogP) is 4.55. The third-order valence-electron chi connectivity index (χ3n) is 3.37. The Morgan fingerprint density at radius 3 is 2.60 bits per heavy atom. The van der Waals surface area contributed by atoms with Crippen molar-refractivity contribution in [2.45, 2.75) is 72.1 Å². The van der Waals surface area contributed by atoms with Gasteiger partial charge in [-0.2, -0.15) is 5.26 Å². The molecule has 1 saturated carbocycles. The molecule has 1 amide bonds. The Morgan fingerprint density at radius 1 is 1.40 bits per heavy atom. The van der Waals surface area contributed by atoms with Gasteiger partial charge in [0.15, 0.2) is 0 Å². The summed E-state index contributed by atoms with van der Waals surface area (Å²) in [5, 5.41) is 11.3. The van der Waals surface area contributed by atoms with Gasteiger partial charge in [0.1, 0.15) is 0 Å². The molecule has 20 heavy (non-hydrogen) atoms. The maximum Gasteiger partial charge on any atom is 0.227 e. The fourth-order valence-corrected chi connectivity index (χ4v) is 2.39. The molecule has 0 saturated heterocycles. The number of carbonyl (C=O) groups is 1. The van der Waals surface area contributed by atoms with E-state index >= 15 is 0 Å². The van der Waals surface area contributed by atoms with E-state index in [4.69, 9.17) is 5.26 Å². The van der Waals surface area contributed by atoms with Crippen molar-refractivity contribution in [2.24, 2.45) is 11.8 Å². The standard InChI is InChI=1S/C14H22N2O.C3H8/c1-11-6-5-8-13(10-11)14(17)16-12(2)7-3-4-9-15;1-3-2/h11,13H,2-8,10H2,1H3,(H,16,17);3H2,1-2H3. The summed E-state index contributed by atoms with van der Waals surface area (Å²) < 4.78 is 0. The van der Waals surface area contributed by atoms with Crippen LogP contribution in [0.4, 0.5) is 0 Å². The molecule has 1 aliphatic rings. The van der Waals surface area contributed by atoms with Crippen molar-refractivity contribution in [3.05, 3.63) is 12.3 Å². The predicted molar refractivity (Wildman–Crippen MR) is 83.8 cm³/mol. The summed E-state index contributed by atoms with van der Waals surface area (Å²) in [5.74, 6) is 0.941. The summed E-state index contributed by atoms with van der Waals surface area (Å²) in [7, 11) is 0. The monoisotopic (exact) mass is 278 g/mol. The number of nitriles is 1. The van der Waals surface area contributed by atoms with E-state index in [2.05, 4.69) is 38.7 Å². The highest BCUT2D eigenvalue weighted by molar-refractivity contribution is 5.80. The average molecular weight is 278 g/mol. The molecule has 0 aromatic heterocycles. The molecule has 2 atom stereocenters. The fraction of sp³-hybridized carbons (Fsp3) is 0.765. The van der Waals surface area contributed by atoms with Gasteiger partial charge < -0.3 is 5.32 Å². The summed E-state index contributed by atoms with van der Waals surface area (Å²) in [6.07, 6.45) is 7.65. The molecule has 0 spiro atoms. The first-order chi connectivity index (χ1) is 9.54. The van der Waals surface area contributed by atoms with E-state index in [0.29, 0.717) is 18.8 Å². The molecule has 2 unspecified atom stereocenters. The van der Waals surface area contributed by atoms with E-state index in [9.17, 15) is 4.79 Å². The summed E-state index contributed by atoms with van der Waals surface area (Å²) in [5.41, 5.74) is 0.753. The molecule has 3 heteroatoms. The van der Waals surface area contributed by atoms with E-state index in [-0.39, 0.29) is 11.8 Å². The van der Waals surface area contributed by atoms with Crippen LogP contribution in [0.15, 0.2) is 12.3 Å². The van der Waals surface area contributed by atoms with Gasteiger partial charge in [-0.05, 0) is 31.6 Å². The Balaban J connectivity index is 0.00000110. The highest BCUT2D eigenvalue weighted by Crippen LogP contribution is 2.28. The molecule has 1 N–H and O–H groups in total. The van der Waals surface area contributed by atoms with Gasteiger partial charge in [0.2, 0.25) is 5.91 Å². The second-order valence-electron chi connectivity index (χ2n) is 5.78. The van der Waals surface area contributed by atoms with Gasteiger partial charge in [0, 0.05) is 18.0 Å². The van der Waals surface area contributed by atoms with Crippen molar-refractivity contribution in [2.75, 3.05) is 0 Å². The van der Waals surface area contributed by atoms with E-state index in [1.807, 2.05) is 0 Å². The second-order valence-corrected chi connectivity index (χ2v) is 5.78. The van der Waals surface area contributed by atoms with Crippen LogP contribution < -0.4 is 5.32 Å². The largest absolute Gasteiger partial charge is 0.330 e. The Kier molecular flexibility index (Phi) is 10.8. The third-order valence-corrected chi connectivity index (χ3v) is 3.37. The van der Waals surface area contributed by atoms with E-state index in [1.165, 1.54) is 12.8 Å². The van der Waals surface area contributed by atoms with E-state index in [0.717, 1.165) is 31.4 Å². The van der Waals surface area contributed by atoms with Crippen LogP contribution in [-0.4, -0.2) is 5.91 Å². The maximum atomic E-state index is 11.9. The molecular weight excluding hydrogens is 248 g/mol. The quantitative estimate of drug-likeness (QED) is 0.750. The fourth-order valence-electron chi connectivity index (χ4n) is 2.39. The minimum atomic E-state index is 0.124. The molecule has 0 aliphatic heterocycles. The Morgan fingerprint density at radius 2 is 2.05 bits per heavy atom. The number of hydrogen-bond acceptors (Lipinski definition) is 2. The first-order valence-corrected chi connectivity index (χ1v) is 7.90. The van der Waals surface area contributed by atoms with Crippen LogP contribution in [0, 0.1) is 23.2 Å². The van der Waals surface area contributed by atoms with Crippen molar-refractivity contribution in [3.8, 4) is 6.07 Å². The van der Waals surface area contributed by atoms with Crippen LogP contribution in [0.5, 0.6) is 0 Å². The lowest BCUT2D eigenvalue weighted by atomic mass is 9.82. The highest BCUT2D eigenvalue weighted by Gasteiger charge is 2.24. The molecule has 0 aromatic carbocycles. The highest BCUT2D eigenvalue weighted by atomic mass is 16.1. The van der Waals surface area contributed by atoms with Crippen LogP contribution in [0.25, 0.3) is 0 Å². The van der Waals surface area contributed by atoms with Crippen molar-refractivity contribution in [3.63, 3.8) is 0 Å². The lowest BCUT2D eigenvalue weighted by Crippen LogP contribution is -2.32. The zero-order valence-electron chi connectivity index (χ0n) is 13.4. The SMILES string of the molecule is C=C(CCCC#N)NC(=O)C1CCCC(C)C1.CCC. The minimum Gasteiger partial charge on any atom is -0.330 e. The zero-order chi connectivity index (χ0) is 15.4. The third kappa shape index (κ3) is 8.74. The van der Waals surface area contributed by atoms with Gasteiger partial charge in [-0.15, -0.1) is 0 Å². The first kappa shape index (κ1) is 18.7. The number of amides is 1. The number of rotatable bonds is 5. The number of allylic oxidation sites excluding steroid dienone is 1. The molecule has 0 heterocycles. The molecular formula is C17H30N2O. The molecule has 3 nitrogen and oxygen atoms in total. The molecule has 1 fully saturated rings. The summed E-state index contributed by atoms with van der Waals surface area (Å²) in [4.78, 5) is 11.9.